The molecule has 0 aliphatic carbocycles. The Kier molecular flexibility index (Phi) is 6.44. The average Bonchev–Trinajstić information content (AvgIpc) is 2.70. The second kappa shape index (κ2) is 8.98. The van der Waals surface area contributed by atoms with E-state index in [1.165, 1.54) is 29.0 Å². The topological polar surface area (TPSA) is 52.0 Å². The van der Waals surface area contributed by atoms with Crippen LogP contribution in [0, 0.1) is 5.92 Å². The maximum atomic E-state index is 6.40. The van der Waals surface area contributed by atoms with Crippen molar-refractivity contribution in [2.45, 2.75) is 38.3 Å². The van der Waals surface area contributed by atoms with Crippen molar-refractivity contribution in [1.29, 1.82) is 0 Å². The number of nitrogens with two attached hydrogens (primary N) is 2. The standard InChI is InChI=1S/C25H29N2/c1-2-3-10-19-25(26,27)23-17-15-22(16-18-23)24(20-11-6-4-7-12-20)21-13-8-5-9-14-21/h4-9,11-18H,2-3,10,19,26-27H2,1H3. The van der Waals surface area contributed by atoms with E-state index in [2.05, 4.69) is 79.7 Å². The minimum Gasteiger partial charge on any atom is -0.310 e. The van der Waals surface area contributed by atoms with Crippen molar-refractivity contribution in [2.75, 3.05) is 0 Å². The molecule has 0 atom stereocenters. The third kappa shape index (κ3) is 4.85. The smallest absolute Gasteiger partial charge is 0.0899 e. The molecule has 0 aliphatic heterocycles. The molecular weight excluding hydrogens is 328 g/mol. The number of hydrogen-bond acceptors (Lipinski definition) is 2. The predicted molar refractivity (Wildman–Crippen MR) is 114 cm³/mol. The van der Waals surface area contributed by atoms with E-state index in [1.54, 1.807) is 0 Å². The van der Waals surface area contributed by atoms with Gasteiger partial charge in [0.1, 0.15) is 0 Å². The first-order valence-electron chi connectivity index (χ1n) is 9.78. The normalized spacial score (nSPS) is 11.7. The van der Waals surface area contributed by atoms with Crippen LogP contribution in [0.1, 0.15) is 54.9 Å². The van der Waals surface area contributed by atoms with Gasteiger partial charge in [-0.25, -0.2) is 0 Å². The molecule has 0 amide bonds. The van der Waals surface area contributed by atoms with Crippen molar-refractivity contribution in [1.82, 2.24) is 0 Å². The van der Waals surface area contributed by atoms with Crippen molar-refractivity contribution < 1.29 is 0 Å². The Balaban J connectivity index is 1.90. The Morgan fingerprint density at radius 1 is 0.667 bits per heavy atom. The van der Waals surface area contributed by atoms with Crippen LogP contribution >= 0.6 is 0 Å². The number of hydrogen-bond donors (Lipinski definition) is 2. The first-order chi connectivity index (χ1) is 13.1. The molecule has 1 radical (unpaired) electrons. The molecule has 0 aliphatic rings. The molecule has 0 fully saturated rings. The van der Waals surface area contributed by atoms with Crippen LogP contribution in [-0.2, 0) is 5.66 Å². The van der Waals surface area contributed by atoms with Crippen LogP contribution in [-0.4, -0.2) is 0 Å². The van der Waals surface area contributed by atoms with Crippen LogP contribution < -0.4 is 11.5 Å². The van der Waals surface area contributed by atoms with Gasteiger partial charge >= 0.3 is 0 Å². The summed E-state index contributed by atoms with van der Waals surface area (Å²) >= 11 is 0. The Hall–Kier alpha value is -2.42. The van der Waals surface area contributed by atoms with Gasteiger partial charge in [0.25, 0.3) is 0 Å². The summed E-state index contributed by atoms with van der Waals surface area (Å²) in [5.41, 5.74) is 16.6. The molecule has 0 saturated carbocycles. The Morgan fingerprint density at radius 3 is 1.63 bits per heavy atom. The van der Waals surface area contributed by atoms with E-state index in [0.29, 0.717) is 0 Å². The van der Waals surface area contributed by atoms with Gasteiger partial charge in [-0.1, -0.05) is 105 Å². The Morgan fingerprint density at radius 2 is 1.15 bits per heavy atom. The molecule has 2 nitrogen and oxygen atoms in total. The fourth-order valence-electron chi connectivity index (χ4n) is 3.47. The third-order valence-corrected chi connectivity index (χ3v) is 5.03. The predicted octanol–water partition coefficient (Wildman–Crippen LogP) is 5.36. The molecule has 3 aromatic carbocycles. The molecule has 0 aromatic heterocycles. The summed E-state index contributed by atoms with van der Waals surface area (Å²) in [7, 11) is 0. The lowest BCUT2D eigenvalue weighted by Crippen LogP contribution is -2.45. The second-order valence-corrected chi connectivity index (χ2v) is 7.18. The van der Waals surface area contributed by atoms with Gasteiger partial charge in [-0.3, -0.25) is 0 Å². The molecule has 0 heterocycles. The minimum atomic E-state index is -0.770. The zero-order chi connectivity index (χ0) is 19.1. The van der Waals surface area contributed by atoms with Crippen molar-refractivity contribution in [3.05, 3.63) is 113 Å². The van der Waals surface area contributed by atoms with Gasteiger partial charge in [-0.05, 0) is 35.1 Å². The summed E-state index contributed by atoms with van der Waals surface area (Å²) in [6.07, 6.45) is 4.18. The number of unbranched alkanes of at least 4 members (excludes halogenated alkanes) is 2. The van der Waals surface area contributed by atoms with Crippen LogP contribution in [0.3, 0.4) is 0 Å². The van der Waals surface area contributed by atoms with Gasteiger partial charge in [0, 0.05) is 0 Å². The van der Waals surface area contributed by atoms with Crippen LogP contribution in [0.5, 0.6) is 0 Å². The molecule has 4 N–H and O–H groups in total. The molecule has 0 unspecified atom stereocenters. The lowest BCUT2D eigenvalue weighted by Gasteiger charge is -2.26. The molecule has 27 heavy (non-hydrogen) atoms. The lowest BCUT2D eigenvalue weighted by atomic mass is 9.84. The maximum absolute atomic E-state index is 6.40. The molecule has 0 saturated heterocycles. The van der Waals surface area contributed by atoms with Gasteiger partial charge in [-0.15, -0.1) is 0 Å². The van der Waals surface area contributed by atoms with Gasteiger partial charge in [0.05, 0.1) is 11.6 Å². The SMILES string of the molecule is CCCCCC(N)(N)c1ccc([C](c2ccccc2)c2ccccc2)cc1. The van der Waals surface area contributed by atoms with E-state index in [0.717, 1.165) is 24.8 Å². The number of rotatable bonds is 8. The zero-order valence-electron chi connectivity index (χ0n) is 16.1. The van der Waals surface area contributed by atoms with Crippen molar-refractivity contribution in [3.63, 3.8) is 0 Å². The molecular formula is C25H29N2. The van der Waals surface area contributed by atoms with Crippen LogP contribution in [0.25, 0.3) is 0 Å². The first-order valence-corrected chi connectivity index (χ1v) is 9.78. The molecule has 139 valence electrons. The van der Waals surface area contributed by atoms with E-state index < -0.39 is 5.66 Å². The van der Waals surface area contributed by atoms with E-state index in [4.69, 9.17) is 11.5 Å². The molecule has 0 spiro atoms. The van der Waals surface area contributed by atoms with E-state index in [1.807, 2.05) is 12.1 Å². The second-order valence-electron chi connectivity index (χ2n) is 7.18. The molecule has 0 bridgehead atoms. The summed E-state index contributed by atoms with van der Waals surface area (Å²) in [6.45, 7) is 2.19. The summed E-state index contributed by atoms with van der Waals surface area (Å²) in [4.78, 5) is 0. The zero-order valence-corrected chi connectivity index (χ0v) is 16.1. The van der Waals surface area contributed by atoms with Crippen molar-refractivity contribution in [2.24, 2.45) is 11.5 Å². The highest BCUT2D eigenvalue weighted by Crippen LogP contribution is 2.31. The largest absolute Gasteiger partial charge is 0.310 e. The summed E-state index contributed by atoms with van der Waals surface area (Å²) < 4.78 is 0. The van der Waals surface area contributed by atoms with E-state index in [9.17, 15) is 0 Å². The molecule has 3 aromatic rings. The minimum absolute atomic E-state index is 0.770. The highest BCUT2D eigenvalue weighted by molar-refractivity contribution is 5.57. The molecule has 3 rings (SSSR count). The summed E-state index contributed by atoms with van der Waals surface area (Å²) in [5.74, 6) is 1.22. The van der Waals surface area contributed by atoms with Crippen LogP contribution in [0.4, 0.5) is 0 Å². The van der Waals surface area contributed by atoms with E-state index in [-0.39, 0.29) is 0 Å². The van der Waals surface area contributed by atoms with Gasteiger partial charge < -0.3 is 11.5 Å². The maximum Gasteiger partial charge on any atom is 0.0899 e. The van der Waals surface area contributed by atoms with Crippen molar-refractivity contribution >= 4 is 0 Å². The molecule has 2 heteroatoms. The average molecular weight is 358 g/mol. The number of benzene rings is 3. The third-order valence-electron chi connectivity index (χ3n) is 5.03. The van der Waals surface area contributed by atoms with Crippen LogP contribution in [0.2, 0.25) is 0 Å². The van der Waals surface area contributed by atoms with Gasteiger partial charge in [0.15, 0.2) is 0 Å². The van der Waals surface area contributed by atoms with Crippen molar-refractivity contribution in [3.8, 4) is 0 Å². The van der Waals surface area contributed by atoms with E-state index >= 15 is 0 Å². The van der Waals surface area contributed by atoms with Crippen LogP contribution in [0.15, 0.2) is 84.9 Å². The summed E-state index contributed by atoms with van der Waals surface area (Å²) in [6, 6.07) is 29.4. The first kappa shape index (κ1) is 19.3. The summed E-state index contributed by atoms with van der Waals surface area (Å²) in [5, 5.41) is 0. The van der Waals surface area contributed by atoms with Gasteiger partial charge in [0.2, 0.25) is 0 Å². The van der Waals surface area contributed by atoms with Gasteiger partial charge in [-0.2, -0.15) is 0 Å². The highest BCUT2D eigenvalue weighted by atomic mass is 14.9. The highest BCUT2D eigenvalue weighted by Gasteiger charge is 2.23. The lowest BCUT2D eigenvalue weighted by molar-refractivity contribution is 0.404. The fraction of sp³-hybridized carbons (Fsp3) is 0.240. The Labute approximate surface area is 163 Å². The Bertz CT molecular complexity index is 768. The quantitative estimate of drug-likeness (QED) is 0.324. The monoisotopic (exact) mass is 357 g/mol. The fourth-order valence-corrected chi connectivity index (χ4v) is 3.47.